The molecule has 5 amide bonds. The molecule has 134 valence electrons. The Kier molecular flexibility index (Phi) is 5.76. The van der Waals surface area contributed by atoms with Gasteiger partial charge >= 0.3 is 17.8 Å². The first-order valence-electron chi connectivity index (χ1n) is 7.64. The van der Waals surface area contributed by atoms with Crippen LogP contribution in [0.4, 0.5) is 10.5 Å². The molecule has 1 aliphatic heterocycles. The normalized spacial score (nSPS) is 14.9. The van der Waals surface area contributed by atoms with Crippen LogP contribution in [-0.4, -0.2) is 64.8 Å². The van der Waals surface area contributed by atoms with Gasteiger partial charge in [-0.2, -0.15) is 0 Å². The quantitative estimate of drug-likeness (QED) is 0.606. The van der Waals surface area contributed by atoms with E-state index in [9.17, 15) is 19.2 Å². The summed E-state index contributed by atoms with van der Waals surface area (Å²) in [6.45, 7) is 3.04. The number of para-hydroxylation sites is 1. The lowest BCUT2D eigenvalue weighted by molar-refractivity contribution is -0.144. The summed E-state index contributed by atoms with van der Waals surface area (Å²) < 4.78 is 0. The van der Waals surface area contributed by atoms with E-state index >= 15 is 0 Å². The van der Waals surface area contributed by atoms with E-state index in [0.717, 1.165) is 9.80 Å². The zero-order chi connectivity index (χ0) is 18.7. The third-order valence-corrected chi connectivity index (χ3v) is 3.87. The summed E-state index contributed by atoms with van der Waals surface area (Å²) in [7, 11) is 1.56. The molecule has 0 aliphatic carbocycles. The number of rotatable bonds is 6. The summed E-state index contributed by atoms with van der Waals surface area (Å²) in [5, 5.41) is 3.05. The van der Waals surface area contributed by atoms with Gasteiger partial charge in [-0.15, -0.1) is 0 Å². The number of hydrogen-bond acceptors (Lipinski definition) is 5. The van der Waals surface area contributed by atoms with Crippen LogP contribution < -0.4 is 5.32 Å². The zero-order valence-electron chi connectivity index (χ0n) is 14.2. The molecule has 2 rings (SSSR count). The molecule has 8 nitrogen and oxygen atoms in total. The van der Waals surface area contributed by atoms with Gasteiger partial charge in [0.2, 0.25) is 5.91 Å². The van der Waals surface area contributed by atoms with Gasteiger partial charge in [0, 0.05) is 6.04 Å². The first-order valence-corrected chi connectivity index (χ1v) is 8.02. The van der Waals surface area contributed by atoms with Crippen LogP contribution >= 0.6 is 11.6 Å². The van der Waals surface area contributed by atoms with Crippen molar-refractivity contribution in [3.05, 3.63) is 29.3 Å². The lowest BCUT2D eigenvalue weighted by atomic mass is 10.3. The average Bonchev–Trinajstić information content (AvgIpc) is 2.73. The third-order valence-electron chi connectivity index (χ3n) is 3.54. The highest BCUT2D eigenvalue weighted by atomic mass is 35.5. The lowest BCUT2D eigenvalue weighted by Gasteiger charge is -2.23. The van der Waals surface area contributed by atoms with E-state index in [-0.39, 0.29) is 19.1 Å². The molecule has 1 aromatic carbocycles. The Morgan fingerprint density at radius 2 is 1.84 bits per heavy atom. The van der Waals surface area contributed by atoms with E-state index in [1.165, 1.54) is 4.90 Å². The Labute approximate surface area is 150 Å². The van der Waals surface area contributed by atoms with Gasteiger partial charge < -0.3 is 5.32 Å². The van der Waals surface area contributed by atoms with Crippen molar-refractivity contribution in [3.8, 4) is 0 Å². The number of carbonyl (C=O) groups is 4. The van der Waals surface area contributed by atoms with E-state index in [4.69, 9.17) is 11.6 Å². The topological polar surface area (TPSA) is 90.0 Å². The predicted molar refractivity (Wildman–Crippen MR) is 91.8 cm³/mol. The molecule has 25 heavy (non-hydrogen) atoms. The van der Waals surface area contributed by atoms with Crippen molar-refractivity contribution in [2.45, 2.75) is 19.9 Å². The molecule has 0 radical (unpaired) electrons. The SMILES string of the molecule is CC(C)N1C(=O)C(=O)N(CN(C)CC(=O)Nc2ccccc2Cl)C1=O. The standard InChI is InChI=1S/C16H19ClN4O4/c1-10(2)21-15(24)14(23)20(16(21)25)9-19(3)8-13(22)18-12-7-5-4-6-11(12)17/h4-7,10H,8-9H2,1-3H3,(H,18,22). The summed E-state index contributed by atoms with van der Waals surface area (Å²) in [6.07, 6.45) is 0. The Hall–Kier alpha value is -2.45. The number of likely N-dealkylation sites (N-methyl/N-ethyl adjacent to an activating group) is 1. The molecule has 0 aromatic heterocycles. The largest absolute Gasteiger partial charge is 0.335 e. The number of anilines is 1. The van der Waals surface area contributed by atoms with Crippen LogP contribution in [0.25, 0.3) is 0 Å². The number of benzene rings is 1. The van der Waals surface area contributed by atoms with E-state index in [0.29, 0.717) is 10.7 Å². The predicted octanol–water partition coefficient (Wildman–Crippen LogP) is 1.37. The fourth-order valence-corrected chi connectivity index (χ4v) is 2.57. The van der Waals surface area contributed by atoms with E-state index in [1.807, 2.05) is 0 Å². The minimum Gasteiger partial charge on any atom is -0.324 e. The summed E-state index contributed by atoms with van der Waals surface area (Å²) >= 11 is 5.97. The Balaban J connectivity index is 1.96. The van der Waals surface area contributed by atoms with Crippen molar-refractivity contribution in [2.24, 2.45) is 0 Å². The van der Waals surface area contributed by atoms with Crippen molar-refractivity contribution in [3.63, 3.8) is 0 Å². The van der Waals surface area contributed by atoms with Crippen LogP contribution in [0.1, 0.15) is 13.8 Å². The van der Waals surface area contributed by atoms with Crippen molar-refractivity contribution < 1.29 is 19.2 Å². The number of imide groups is 2. The summed E-state index contributed by atoms with van der Waals surface area (Å²) in [6, 6.07) is 5.69. The van der Waals surface area contributed by atoms with Gasteiger partial charge in [-0.05, 0) is 33.0 Å². The molecule has 0 unspecified atom stereocenters. The number of carbonyl (C=O) groups excluding carboxylic acids is 4. The molecule has 0 atom stereocenters. The summed E-state index contributed by atoms with van der Waals surface area (Å²) in [4.78, 5) is 51.3. The monoisotopic (exact) mass is 366 g/mol. The van der Waals surface area contributed by atoms with Gasteiger partial charge in [0.25, 0.3) is 0 Å². The second kappa shape index (κ2) is 7.62. The fourth-order valence-electron chi connectivity index (χ4n) is 2.39. The smallest absolute Gasteiger partial charge is 0.324 e. The highest BCUT2D eigenvalue weighted by Crippen LogP contribution is 2.20. The molecule has 1 aromatic rings. The molecule has 1 N–H and O–H groups in total. The van der Waals surface area contributed by atoms with Gasteiger partial charge in [0.15, 0.2) is 0 Å². The molecule has 1 heterocycles. The number of urea groups is 1. The molecule has 0 spiro atoms. The molecule has 0 bridgehead atoms. The minimum atomic E-state index is -0.892. The molecule has 0 saturated carbocycles. The van der Waals surface area contributed by atoms with Gasteiger partial charge in [-0.3, -0.25) is 24.2 Å². The van der Waals surface area contributed by atoms with Crippen LogP contribution in [0.3, 0.4) is 0 Å². The third kappa shape index (κ3) is 4.15. The maximum atomic E-state index is 12.2. The second-order valence-electron chi connectivity index (χ2n) is 5.97. The Bertz CT molecular complexity index is 722. The number of amides is 5. The fraction of sp³-hybridized carbons (Fsp3) is 0.375. The zero-order valence-corrected chi connectivity index (χ0v) is 14.9. The minimum absolute atomic E-state index is 0.0852. The lowest BCUT2D eigenvalue weighted by Crippen LogP contribution is -2.44. The Morgan fingerprint density at radius 3 is 2.40 bits per heavy atom. The van der Waals surface area contributed by atoms with Crippen LogP contribution in [0, 0.1) is 0 Å². The first kappa shape index (κ1) is 18.9. The first-order chi connectivity index (χ1) is 11.7. The number of hydrogen-bond donors (Lipinski definition) is 1. The van der Waals surface area contributed by atoms with Crippen molar-refractivity contribution in [2.75, 3.05) is 25.6 Å². The van der Waals surface area contributed by atoms with Gasteiger partial charge in [-0.25, -0.2) is 9.69 Å². The van der Waals surface area contributed by atoms with E-state index < -0.39 is 23.9 Å². The molecular weight excluding hydrogens is 348 g/mol. The van der Waals surface area contributed by atoms with Crippen LogP contribution in [0.2, 0.25) is 5.02 Å². The molecule has 1 aliphatic rings. The van der Waals surface area contributed by atoms with Gasteiger partial charge in [0.05, 0.1) is 23.9 Å². The van der Waals surface area contributed by atoms with Gasteiger partial charge in [0.1, 0.15) is 0 Å². The van der Waals surface area contributed by atoms with Gasteiger partial charge in [-0.1, -0.05) is 23.7 Å². The van der Waals surface area contributed by atoms with Crippen molar-refractivity contribution >= 4 is 41.0 Å². The van der Waals surface area contributed by atoms with Crippen molar-refractivity contribution in [1.29, 1.82) is 0 Å². The molecular formula is C16H19ClN4O4. The molecule has 1 saturated heterocycles. The number of nitrogens with one attached hydrogen (secondary N) is 1. The van der Waals surface area contributed by atoms with Crippen LogP contribution in [0.15, 0.2) is 24.3 Å². The van der Waals surface area contributed by atoms with Crippen molar-refractivity contribution in [1.82, 2.24) is 14.7 Å². The maximum Gasteiger partial charge on any atom is 0.335 e. The highest BCUT2D eigenvalue weighted by Gasteiger charge is 2.45. The molecule has 1 fully saturated rings. The second-order valence-corrected chi connectivity index (χ2v) is 6.38. The number of nitrogens with zero attached hydrogens (tertiary/aromatic N) is 3. The summed E-state index contributed by atoms with van der Waals surface area (Å²) in [5.41, 5.74) is 0.469. The number of halogens is 1. The Morgan fingerprint density at radius 1 is 1.20 bits per heavy atom. The van der Waals surface area contributed by atoms with Crippen LogP contribution in [0.5, 0.6) is 0 Å². The van der Waals surface area contributed by atoms with E-state index in [1.54, 1.807) is 45.2 Å². The van der Waals surface area contributed by atoms with Crippen LogP contribution in [-0.2, 0) is 14.4 Å². The highest BCUT2D eigenvalue weighted by molar-refractivity contribution is 6.44. The van der Waals surface area contributed by atoms with E-state index in [2.05, 4.69) is 5.32 Å². The summed E-state index contributed by atoms with van der Waals surface area (Å²) in [5.74, 6) is -2.10. The molecule has 9 heteroatoms. The maximum absolute atomic E-state index is 12.2. The average molecular weight is 367 g/mol.